The normalized spacial score (nSPS) is 20.3. The number of carbonyl (C=O) groups excluding carboxylic acids is 1. The van der Waals surface area contributed by atoms with Crippen molar-refractivity contribution >= 4 is 34.7 Å². The smallest absolute Gasteiger partial charge is 0.251 e. The molecule has 3 aliphatic rings. The topological polar surface area (TPSA) is 87.5 Å². The molecule has 2 fully saturated rings. The number of amides is 1. The first-order valence-electron chi connectivity index (χ1n) is 11.7. The van der Waals surface area contributed by atoms with Gasteiger partial charge in [0.15, 0.2) is 22.5 Å². The van der Waals surface area contributed by atoms with Gasteiger partial charge in [-0.15, -0.1) is 21.5 Å². The van der Waals surface area contributed by atoms with Crippen LogP contribution in [0.3, 0.4) is 0 Å². The Hall–Kier alpha value is -2.56. The second-order valence-corrected chi connectivity index (χ2v) is 10.7. The predicted molar refractivity (Wildman–Crippen MR) is 131 cm³/mol. The fraction of sp³-hybridized carbons (Fsp3) is 0.458. The maximum atomic E-state index is 12.7. The van der Waals surface area contributed by atoms with Gasteiger partial charge in [-0.05, 0) is 49.3 Å². The number of nitrogens with one attached hydrogen (secondary N) is 1. The number of anilines is 1. The second-order valence-electron chi connectivity index (χ2n) is 8.85. The SMILES string of the molecule is O=C(CSc1nnc(-c2cccs2)n1CC1CCCO1)Nc1ccc2c(c1)OC1(CCCC1)O2. The molecule has 2 aliphatic heterocycles. The van der Waals surface area contributed by atoms with Crippen LogP contribution < -0.4 is 14.8 Å². The molecule has 0 radical (unpaired) electrons. The summed E-state index contributed by atoms with van der Waals surface area (Å²) in [5.74, 6) is 1.89. The van der Waals surface area contributed by atoms with Crippen LogP contribution in [-0.2, 0) is 16.1 Å². The molecular formula is C24H26N4O4S2. The van der Waals surface area contributed by atoms with Crippen LogP contribution in [0, 0.1) is 0 Å². The maximum Gasteiger partial charge on any atom is 0.251 e. The van der Waals surface area contributed by atoms with E-state index in [0.717, 1.165) is 66.7 Å². The third-order valence-corrected chi connectivity index (χ3v) is 8.22. The van der Waals surface area contributed by atoms with E-state index in [4.69, 9.17) is 14.2 Å². The molecule has 1 saturated carbocycles. The maximum absolute atomic E-state index is 12.7. The molecule has 0 bridgehead atoms. The summed E-state index contributed by atoms with van der Waals surface area (Å²) in [6.07, 6.45) is 6.28. The predicted octanol–water partition coefficient (Wildman–Crippen LogP) is 4.96. The lowest BCUT2D eigenvalue weighted by molar-refractivity contribution is -0.113. The average Bonchev–Trinajstić information content (AvgIpc) is 3.65. The molecule has 1 saturated heterocycles. The van der Waals surface area contributed by atoms with E-state index in [-0.39, 0.29) is 17.8 Å². The van der Waals surface area contributed by atoms with E-state index >= 15 is 0 Å². The summed E-state index contributed by atoms with van der Waals surface area (Å²) in [7, 11) is 0. The van der Waals surface area contributed by atoms with Gasteiger partial charge in [-0.1, -0.05) is 17.8 Å². The minimum atomic E-state index is -0.506. The lowest BCUT2D eigenvalue weighted by Crippen LogP contribution is -2.34. The molecule has 4 heterocycles. The van der Waals surface area contributed by atoms with Crippen LogP contribution >= 0.6 is 23.1 Å². The highest BCUT2D eigenvalue weighted by Crippen LogP contribution is 2.47. The highest BCUT2D eigenvalue weighted by molar-refractivity contribution is 7.99. The largest absolute Gasteiger partial charge is 0.448 e. The van der Waals surface area contributed by atoms with Gasteiger partial charge in [-0.25, -0.2) is 0 Å². The summed E-state index contributed by atoms with van der Waals surface area (Å²) in [6, 6.07) is 9.62. The van der Waals surface area contributed by atoms with Gasteiger partial charge in [0, 0.05) is 31.2 Å². The molecule has 1 unspecified atom stereocenters. The Kier molecular flexibility index (Phi) is 5.96. The van der Waals surface area contributed by atoms with Gasteiger partial charge in [-0.3, -0.25) is 9.36 Å². The van der Waals surface area contributed by atoms with Gasteiger partial charge >= 0.3 is 0 Å². The Morgan fingerprint density at radius 3 is 2.85 bits per heavy atom. The zero-order valence-corrected chi connectivity index (χ0v) is 20.3. The Morgan fingerprint density at radius 1 is 1.18 bits per heavy atom. The number of benzene rings is 1. The molecule has 10 heteroatoms. The zero-order chi connectivity index (χ0) is 23.0. The number of nitrogens with zero attached hydrogens (tertiary/aromatic N) is 3. The number of thioether (sulfide) groups is 1. The molecule has 1 spiro atoms. The molecule has 1 aromatic carbocycles. The van der Waals surface area contributed by atoms with Crippen LogP contribution in [0.25, 0.3) is 10.7 Å². The van der Waals surface area contributed by atoms with Crippen molar-refractivity contribution in [2.75, 3.05) is 17.7 Å². The van der Waals surface area contributed by atoms with Crippen molar-refractivity contribution in [1.29, 1.82) is 0 Å². The minimum Gasteiger partial charge on any atom is -0.448 e. The standard InChI is InChI=1S/C24H26N4O4S2/c29-21(25-16-7-8-18-19(13-16)32-24(31-18)9-1-2-10-24)15-34-23-27-26-22(20-6-4-12-33-20)28(23)14-17-5-3-11-30-17/h4,6-8,12-13,17H,1-3,5,9-11,14-15H2,(H,25,29). The molecule has 34 heavy (non-hydrogen) atoms. The first kappa shape index (κ1) is 21.9. The van der Waals surface area contributed by atoms with Crippen LogP contribution in [0.15, 0.2) is 40.9 Å². The molecule has 1 amide bonds. The zero-order valence-electron chi connectivity index (χ0n) is 18.7. The van der Waals surface area contributed by atoms with Crippen molar-refractivity contribution in [2.45, 2.75) is 62.1 Å². The quantitative estimate of drug-likeness (QED) is 0.461. The first-order chi connectivity index (χ1) is 16.7. The Bertz CT molecular complexity index is 1170. The highest BCUT2D eigenvalue weighted by atomic mass is 32.2. The van der Waals surface area contributed by atoms with Gasteiger partial charge in [0.25, 0.3) is 5.79 Å². The average molecular weight is 499 g/mol. The molecule has 1 atom stereocenters. The molecule has 3 aromatic rings. The van der Waals surface area contributed by atoms with E-state index in [0.29, 0.717) is 18.0 Å². The Morgan fingerprint density at radius 2 is 2.06 bits per heavy atom. The molecule has 6 rings (SSSR count). The van der Waals surface area contributed by atoms with Gasteiger partial charge in [0.1, 0.15) is 0 Å². The molecule has 8 nitrogen and oxygen atoms in total. The highest BCUT2D eigenvalue weighted by Gasteiger charge is 2.44. The van der Waals surface area contributed by atoms with Crippen LogP contribution in [0.5, 0.6) is 11.5 Å². The minimum absolute atomic E-state index is 0.108. The van der Waals surface area contributed by atoms with Gasteiger partial charge in [0.2, 0.25) is 5.91 Å². The second kappa shape index (κ2) is 9.24. The van der Waals surface area contributed by atoms with E-state index in [1.54, 1.807) is 11.3 Å². The fourth-order valence-electron chi connectivity index (χ4n) is 4.76. The van der Waals surface area contributed by atoms with Crippen molar-refractivity contribution < 1.29 is 19.0 Å². The Balaban J connectivity index is 1.12. The lowest BCUT2D eigenvalue weighted by atomic mass is 10.2. The van der Waals surface area contributed by atoms with Crippen LogP contribution in [0.4, 0.5) is 5.69 Å². The first-order valence-corrected chi connectivity index (χ1v) is 13.6. The molecule has 1 aliphatic carbocycles. The number of ether oxygens (including phenoxy) is 3. The number of carbonyl (C=O) groups is 1. The van der Waals surface area contributed by atoms with E-state index in [1.165, 1.54) is 11.8 Å². The number of hydrogen-bond acceptors (Lipinski definition) is 8. The third-order valence-electron chi connectivity index (χ3n) is 6.39. The summed E-state index contributed by atoms with van der Waals surface area (Å²) < 4.78 is 20.1. The number of hydrogen-bond donors (Lipinski definition) is 1. The van der Waals surface area contributed by atoms with Crippen molar-refractivity contribution in [3.05, 3.63) is 35.7 Å². The van der Waals surface area contributed by atoms with Gasteiger partial charge in [0.05, 0.1) is 23.3 Å². The van der Waals surface area contributed by atoms with E-state index in [2.05, 4.69) is 20.1 Å². The van der Waals surface area contributed by atoms with Crippen molar-refractivity contribution in [3.8, 4) is 22.2 Å². The van der Waals surface area contributed by atoms with Crippen LogP contribution in [0.1, 0.15) is 38.5 Å². The molecular weight excluding hydrogens is 472 g/mol. The van der Waals surface area contributed by atoms with E-state index in [9.17, 15) is 4.79 Å². The summed E-state index contributed by atoms with van der Waals surface area (Å²) in [6.45, 7) is 1.48. The van der Waals surface area contributed by atoms with Crippen LogP contribution in [0.2, 0.25) is 0 Å². The molecule has 178 valence electrons. The fourth-order valence-corrected chi connectivity index (χ4v) is 6.22. The monoisotopic (exact) mass is 498 g/mol. The lowest BCUT2D eigenvalue weighted by Gasteiger charge is -2.21. The number of aromatic nitrogens is 3. The number of thiophene rings is 1. The summed E-state index contributed by atoms with van der Waals surface area (Å²) >= 11 is 3.02. The van der Waals surface area contributed by atoms with E-state index in [1.807, 2.05) is 35.7 Å². The molecule has 2 aromatic heterocycles. The summed E-state index contributed by atoms with van der Waals surface area (Å²) in [5.41, 5.74) is 0.697. The number of rotatable bonds is 7. The molecule has 1 N–H and O–H groups in total. The van der Waals surface area contributed by atoms with E-state index < -0.39 is 5.79 Å². The Labute approximate surface area is 206 Å². The van der Waals surface area contributed by atoms with Crippen molar-refractivity contribution in [3.63, 3.8) is 0 Å². The summed E-state index contributed by atoms with van der Waals surface area (Å²) in [4.78, 5) is 13.8. The third kappa shape index (κ3) is 4.42. The number of fused-ring (bicyclic) bond motifs is 1. The van der Waals surface area contributed by atoms with Crippen molar-refractivity contribution in [2.24, 2.45) is 0 Å². The van der Waals surface area contributed by atoms with Gasteiger partial charge in [-0.2, -0.15) is 0 Å². The van der Waals surface area contributed by atoms with Crippen LogP contribution in [-0.4, -0.2) is 44.9 Å². The summed E-state index contributed by atoms with van der Waals surface area (Å²) in [5, 5.41) is 14.5. The van der Waals surface area contributed by atoms with Gasteiger partial charge < -0.3 is 19.5 Å². The van der Waals surface area contributed by atoms with Crippen molar-refractivity contribution in [1.82, 2.24) is 14.8 Å².